The van der Waals surface area contributed by atoms with E-state index in [1.165, 1.54) is 24.3 Å². The molecule has 12 heteroatoms. The van der Waals surface area contributed by atoms with E-state index in [-0.39, 0.29) is 16.1 Å². The topological polar surface area (TPSA) is 148 Å². The zero-order valence-electron chi connectivity index (χ0n) is 18.4. The Labute approximate surface area is 210 Å². The first-order valence-electron chi connectivity index (χ1n) is 10.4. The zero-order valence-corrected chi connectivity index (χ0v) is 20.0. The maximum absolute atomic E-state index is 12.4. The normalized spacial score (nSPS) is 11.0. The predicted molar refractivity (Wildman–Crippen MR) is 136 cm³/mol. The van der Waals surface area contributed by atoms with Gasteiger partial charge in [-0.3, -0.25) is 19.6 Å². The number of rotatable bonds is 7. The lowest BCUT2D eigenvalue weighted by atomic mass is 10.1. The van der Waals surface area contributed by atoms with Gasteiger partial charge in [-0.2, -0.15) is 0 Å². The van der Waals surface area contributed by atoms with Crippen molar-refractivity contribution in [1.82, 2.24) is 9.44 Å². The van der Waals surface area contributed by atoms with Crippen molar-refractivity contribution in [3.8, 4) is 0 Å². The molecule has 4 aromatic rings. The maximum Gasteiger partial charge on any atom is 0.329 e. The van der Waals surface area contributed by atoms with Gasteiger partial charge in [0.2, 0.25) is 0 Å². The number of urea groups is 1. The van der Waals surface area contributed by atoms with Crippen LogP contribution in [0.4, 0.5) is 16.2 Å². The fourth-order valence-electron chi connectivity index (χ4n) is 3.18. The Morgan fingerprint density at radius 3 is 2.17 bits per heavy atom. The van der Waals surface area contributed by atoms with Gasteiger partial charge in [0.15, 0.2) is 0 Å². The molecule has 0 bridgehead atoms. The fourth-order valence-corrected chi connectivity index (χ4v) is 4.74. The Morgan fingerprint density at radius 2 is 1.50 bits per heavy atom. The molecule has 0 aromatic heterocycles. The van der Waals surface area contributed by atoms with Crippen molar-refractivity contribution in [3.63, 3.8) is 0 Å². The second-order valence-corrected chi connectivity index (χ2v) is 9.99. The van der Waals surface area contributed by atoms with Gasteiger partial charge in [-0.1, -0.05) is 30.3 Å². The van der Waals surface area contributed by atoms with Gasteiger partial charge in [0.25, 0.3) is 21.6 Å². The van der Waals surface area contributed by atoms with Gasteiger partial charge in [0, 0.05) is 28.3 Å². The van der Waals surface area contributed by atoms with Crippen LogP contribution in [0.2, 0.25) is 0 Å². The summed E-state index contributed by atoms with van der Waals surface area (Å²) in [5.41, 5.74) is 0.154. The monoisotopic (exact) mass is 522 g/mol. The molecule has 4 rings (SSSR count). The lowest BCUT2D eigenvalue weighted by Gasteiger charge is -2.09. The summed E-state index contributed by atoms with van der Waals surface area (Å²) in [5.74, 6) is -0.892. The Morgan fingerprint density at radius 1 is 0.833 bits per heavy atom. The molecule has 10 nitrogen and oxygen atoms in total. The van der Waals surface area contributed by atoms with Crippen LogP contribution >= 0.6 is 11.9 Å². The minimum atomic E-state index is -4.23. The van der Waals surface area contributed by atoms with E-state index in [0.717, 1.165) is 51.9 Å². The molecule has 0 unspecified atom stereocenters. The second-order valence-electron chi connectivity index (χ2n) is 7.43. The van der Waals surface area contributed by atoms with Crippen molar-refractivity contribution in [2.75, 3.05) is 5.32 Å². The Hall–Kier alpha value is -4.42. The molecule has 0 aliphatic heterocycles. The Kier molecular flexibility index (Phi) is 7.17. The molecule has 0 spiro atoms. The van der Waals surface area contributed by atoms with E-state index in [9.17, 15) is 28.1 Å². The fraction of sp³-hybridized carbons (Fsp3) is 0. The lowest BCUT2D eigenvalue weighted by molar-refractivity contribution is -0.384. The average Bonchev–Trinajstić information content (AvgIpc) is 2.87. The number of non-ortho nitro benzene ring substituents is 1. The van der Waals surface area contributed by atoms with Gasteiger partial charge >= 0.3 is 6.03 Å². The van der Waals surface area contributed by atoms with Crippen LogP contribution in [0.25, 0.3) is 10.8 Å². The molecule has 3 amide bonds. The molecule has 4 aromatic carbocycles. The molecule has 0 saturated heterocycles. The third-order valence-electron chi connectivity index (χ3n) is 4.97. The second kappa shape index (κ2) is 10.5. The molecule has 0 atom stereocenters. The number of nitro groups is 1. The van der Waals surface area contributed by atoms with Crippen molar-refractivity contribution >= 4 is 56.1 Å². The quantitative estimate of drug-likeness (QED) is 0.181. The number of carbonyl (C=O) groups excluding carboxylic acids is 2. The number of hydrogen-bond acceptors (Lipinski definition) is 7. The van der Waals surface area contributed by atoms with Gasteiger partial charge in [0.05, 0.1) is 9.82 Å². The molecular formula is C24H18N4O6S2. The lowest BCUT2D eigenvalue weighted by Crippen LogP contribution is -2.30. The number of nitrogens with one attached hydrogen (secondary N) is 3. The zero-order chi connectivity index (χ0) is 25.7. The van der Waals surface area contributed by atoms with Crippen molar-refractivity contribution in [2.45, 2.75) is 9.79 Å². The van der Waals surface area contributed by atoms with E-state index < -0.39 is 26.9 Å². The first-order valence-corrected chi connectivity index (χ1v) is 12.7. The molecule has 0 radical (unpaired) electrons. The average molecular weight is 523 g/mol. The van der Waals surface area contributed by atoms with E-state index in [1.807, 2.05) is 47.2 Å². The van der Waals surface area contributed by atoms with Crippen LogP contribution in [-0.2, 0) is 10.0 Å². The number of sulfonamides is 1. The molecule has 0 saturated carbocycles. The summed E-state index contributed by atoms with van der Waals surface area (Å²) in [6, 6.07) is 22.9. The molecule has 36 heavy (non-hydrogen) atoms. The summed E-state index contributed by atoms with van der Waals surface area (Å²) >= 11 is 1.15. The molecule has 0 aliphatic carbocycles. The molecule has 0 aliphatic rings. The van der Waals surface area contributed by atoms with Crippen molar-refractivity contribution < 1.29 is 22.9 Å². The van der Waals surface area contributed by atoms with Crippen LogP contribution in [0.3, 0.4) is 0 Å². The number of anilines is 1. The molecule has 182 valence electrons. The number of carbonyl (C=O) groups is 2. The van der Waals surface area contributed by atoms with Crippen LogP contribution in [0.15, 0.2) is 101 Å². The maximum atomic E-state index is 12.4. The largest absolute Gasteiger partial charge is 0.329 e. The first kappa shape index (κ1) is 24.7. The Balaban J connectivity index is 1.33. The van der Waals surface area contributed by atoms with Crippen molar-refractivity contribution in [1.29, 1.82) is 0 Å². The standard InChI is InChI=1S/C24H18N4O6S2/c29-23(27-36(33,34)22-13-10-20(11-14-22)28(31)32)17-5-8-19(9-6-17)25-24(30)26-35-21-12-7-16-3-1-2-4-18(16)15-21/h1-15H,(H,27,29)(H2,25,26,30). The van der Waals surface area contributed by atoms with Gasteiger partial charge in [-0.05, 0) is 71.3 Å². The van der Waals surface area contributed by atoms with Gasteiger partial charge in [0.1, 0.15) is 0 Å². The summed E-state index contributed by atoms with van der Waals surface area (Å²) in [6.07, 6.45) is 0. The van der Waals surface area contributed by atoms with Gasteiger partial charge in [-0.15, -0.1) is 0 Å². The van der Waals surface area contributed by atoms with E-state index in [4.69, 9.17) is 0 Å². The summed E-state index contributed by atoms with van der Waals surface area (Å²) in [7, 11) is -4.23. The van der Waals surface area contributed by atoms with E-state index in [0.29, 0.717) is 5.69 Å². The highest BCUT2D eigenvalue weighted by Gasteiger charge is 2.20. The van der Waals surface area contributed by atoms with Gasteiger partial charge in [-0.25, -0.2) is 17.9 Å². The Bertz CT molecular complexity index is 1560. The van der Waals surface area contributed by atoms with Crippen LogP contribution in [0.5, 0.6) is 0 Å². The van der Waals surface area contributed by atoms with E-state index in [1.54, 1.807) is 0 Å². The van der Waals surface area contributed by atoms with E-state index in [2.05, 4.69) is 10.0 Å². The summed E-state index contributed by atoms with van der Waals surface area (Å²) < 4.78 is 29.4. The van der Waals surface area contributed by atoms with E-state index >= 15 is 0 Å². The molecule has 0 fully saturated rings. The highest BCUT2D eigenvalue weighted by molar-refractivity contribution is 7.98. The molecule has 3 N–H and O–H groups in total. The van der Waals surface area contributed by atoms with Crippen LogP contribution in [0.1, 0.15) is 10.4 Å². The highest BCUT2D eigenvalue weighted by Crippen LogP contribution is 2.22. The number of fused-ring (bicyclic) bond motifs is 1. The number of nitro benzene ring substituents is 1. The summed E-state index contributed by atoms with van der Waals surface area (Å²) in [4.78, 5) is 35.2. The summed E-state index contributed by atoms with van der Waals surface area (Å²) in [6.45, 7) is 0. The van der Waals surface area contributed by atoms with Crippen LogP contribution < -0.4 is 14.8 Å². The highest BCUT2D eigenvalue weighted by atomic mass is 32.2. The minimum absolute atomic E-state index is 0.0389. The van der Waals surface area contributed by atoms with Gasteiger partial charge < -0.3 is 5.32 Å². The van der Waals surface area contributed by atoms with Crippen molar-refractivity contribution in [2.24, 2.45) is 0 Å². The minimum Gasteiger partial charge on any atom is -0.307 e. The number of nitrogens with zero attached hydrogens (tertiary/aromatic N) is 1. The van der Waals surface area contributed by atoms with Crippen LogP contribution in [0, 0.1) is 10.1 Å². The first-order chi connectivity index (χ1) is 17.2. The SMILES string of the molecule is O=C(NSc1ccc2ccccc2c1)Nc1ccc(C(=O)NS(=O)(=O)c2ccc([N+](=O)[O-])cc2)cc1. The summed E-state index contributed by atoms with van der Waals surface area (Å²) in [5, 5.41) is 15.5. The number of hydrogen-bond donors (Lipinski definition) is 3. The molecular weight excluding hydrogens is 504 g/mol. The number of amides is 3. The smallest absolute Gasteiger partial charge is 0.307 e. The predicted octanol–water partition coefficient (Wildman–Crippen LogP) is 4.70. The van der Waals surface area contributed by atoms with Crippen LogP contribution in [-0.4, -0.2) is 25.3 Å². The molecule has 0 heterocycles. The van der Waals surface area contributed by atoms with Crippen molar-refractivity contribution in [3.05, 3.63) is 107 Å². The number of benzene rings is 4. The third-order valence-corrected chi connectivity index (χ3v) is 7.10. The third kappa shape index (κ3) is 5.98.